The molecule has 0 unspecified atom stereocenters. The first-order valence-electron chi connectivity index (χ1n) is 9.85. The van der Waals surface area contributed by atoms with Crippen LogP contribution >= 0.6 is 22.7 Å². The van der Waals surface area contributed by atoms with E-state index in [1.54, 1.807) is 11.3 Å². The highest BCUT2D eigenvalue weighted by molar-refractivity contribution is 7.16. The number of hydrogen-bond donors (Lipinski definition) is 1. The number of hydrogen-bond acceptors (Lipinski definition) is 7. The van der Waals surface area contributed by atoms with Gasteiger partial charge in [-0.05, 0) is 41.8 Å². The zero-order chi connectivity index (χ0) is 21.5. The highest BCUT2D eigenvalue weighted by Gasteiger charge is 2.18. The van der Waals surface area contributed by atoms with Crippen molar-refractivity contribution in [2.24, 2.45) is 0 Å². The zero-order valence-corrected chi connectivity index (χ0v) is 18.2. The summed E-state index contributed by atoms with van der Waals surface area (Å²) in [5.74, 6) is 1.16. The maximum atomic E-state index is 13.3. The number of ether oxygens (including phenoxy) is 2. The Kier molecular flexibility index (Phi) is 4.59. The highest BCUT2D eigenvalue weighted by atomic mass is 32.1. The monoisotopic (exact) mass is 457 g/mol. The summed E-state index contributed by atoms with van der Waals surface area (Å²) >= 11 is 3.03. The Hall–Kier alpha value is -3.75. The molecule has 5 aromatic rings. The maximum Gasteiger partial charge on any atom is 0.258 e. The third-order valence-electron chi connectivity index (χ3n) is 5.13. The highest BCUT2D eigenvalue weighted by Crippen LogP contribution is 2.36. The van der Waals surface area contributed by atoms with Crippen LogP contribution in [0.1, 0.15) is 10.4 Å². The first-order valence-corrected chi connectivity index (χ1v) is 11.6. The first-order chi connectivity index (χ1) is 15.7. The molecule has 2 aromatic carbocycles. The fourth-order valence-corrected chi connectivity index (χ4v) is 5.07. The minimum atomic E-state index is -0.224. The van der Waals surface area contributed by atoms with Gasteiger partial charge in [-0.25, -0.2) is 9.97 Å². The number of pyridine rings is 1. The number of anilines is 1. The van der Waals surface area contributed by atoms with Gasteiger partial charge in [0.15, 0.2) is 16.6 Å². The summed E-state index contributed by atoms with van der Waals surface area (Å²) < 4.78 is 10.9. The summed E-state index contributed by atoms with van der Waals surface area (Å²) in [6.45, 7) is 0.207. The van der Waals surface area contributed by atoms with Crippen molar-refractivity contribution >= 4 is 44.6 Å². The maximum absolute atomic E-state index is 13.3. The number of para-hydroxylation sites is 1. The lowest BCUT2D eigenvalue weighted by Crippen LogP contribution is -2.13. The number of carbonyl (C=O) groups is 1. The molecule has 6 nitrogen and oxygen atoms in total. The van der Waals surface area contributed by atoms with Gasteiger partial charge in [-0.15, -0.1) is 22.7 Å². The summed E-state index contributed by atoms with van der Waals surface area (Å²) in [7, 11) is 0. The molecule has 1 aliphatic heterocycles. The minimum Gasteiger partial charge on any atom is -0.454 e. The normalized spacial score (nSPS) is 12.2. The predicted molar refractivity (Wildman–Crippen MR) is 127 cm³/mol. The Morgan fingerprint density at radius 2 is 1.81 bits per heavy atom. The fourth-order valence-electron chi connectivity index (χ4n) is 3.60. The second kappa shape index (κ2) is 7.74. The van der Waals surface area contributed by atoms with Gasteiger partial charge in [0.2, 0.25) is 6.79 Å². The van der Waals surface area contributed by atoms with Gasteiger partial charge in [0.25, 0.3) is 5.91 Å². The molecule has 6 rings (SSSR count). The van der Waals surface area contributed by atoms with Crippen LogP contribution in [-0.2, 0) is 0 Å². The molecule has 0 bridgehead atoms. The van der Waals surface area contributed by atoms with Crippen molar-refractivity contribution in [3.8, 4) is 33.3 Å². The van der Waals surface area contributed by atoms with E-state index in [0.29, 0.717) is 27.9 Å². The van der Waals surface area contributed by atoms with Gasteiger partial charge in [-0.1, -0.05) is 24.3 Å². The molecule has 32 heavy (non-hydrogen) atoms. The average molecular weight is 458 g/mol. The van der Waals surface area contributed by atoms with E-state index in [4.69, 9.17) is 14.5 Å². The van der Waals surface area contributed by atoms with Crippen molar-refractivity contribution in [1.82, 2.24) is 9.97 Å². The lowest BCUT2D eigenvalue weighted by molar-refractivity contribution is 0.102. The van der Waals surface area contributed by atoms with Crippen molar-refractivity contribution in [2.75, 3.05) is 12.1 Å². The van der Waals surface area contributed by atoms with Crippen LogP contribution in [0.25, 0.3) is 32.7 Å². The lowest BCUT2D eigenvalue weighted by atomic mass is 10.0. The molecule has 0 saturated heterocycles. The number of carbonyl (C=O) groups excluding carboxylic acids is 1. The first kappa shape index (κ1) is 19.0. The molecule has 0 radical (unpaired) electrons. The Balaban J connectivity index is 1.38. The topological polar surface area (TPSA) is 73.3 Å². The minimum absolute atomic E-state index is 0.207. The summed E-state index contributed by atoms with van der Waals surface area (Å²) in [6, 6.07) is 19.1. The molecule has 0 fully saturated rings. The number of amides is 1. The quantitative estimate of drug-likeness (QED) is 0.355. The van der Waals surface area contributed by atoms with Gasteiger partial charge in [0.05, 0.1) is 27.3 Å². The summed E-state index contributed by atoms with van der Waals surface area (Å²) in [4.78, 5) is 23.7. The van der Waals surface area contributed by atoms with Crippen molar-refractivity contribution in [3.05, 3.63) is 77.0 Å². The van der Waals surface area contributed by atoms with Crippen LogP contribution in [0, 0.1) is 0 Å². The van der Waals surface area contributed by atoms with Crippen LogP contribution in [-0.4, -0.2) is 22.7 Å². The number of nitrogens with zero attached hydrogens (tertiary/aromatic N) is 2. The second-order valence-corrected chi connectivity index (χ2v) is 8.92. The SMILES string of the molecule is O=C(Nc1nc(-c2cccs2)cs1)c1cc(-c2ccc3c(c2)OCO3)nc2ccccc12. The van der Waals surface area contributed by atoms with Gasteiger partial charge in [-0.2, -0.15) is 0 Å². The Labute approximate surface area is 191 Å². The fraction of sp³-hybridized carbons (Fsp3) is 0.0417. The molecule has 1 N–H and O–H groups in total. The van der Waals surface area contributed by atoms with Gasteiger partial charge in [-0.3, -0.25) is 10.1 Å². The standard InChI is InChI=1S/C24H15N3O3S2/c28-23(27-24-26-19(12-32-24)22-6-3-9-31-22)16-11-18(25-17-5-2-1-4-15(16)17)14-7-8-20-21(10-14)30-13-29-20/h1-12H,13H2,(H,26,27,28). The number of thiazole rings is 1. The van der Waals surface area contributed by atoms with E-state index in [9.17, 15) is 4.79 Å². The van der Waals surface area contributed by atoms with Crippen molar-refractivity contribution in [3.63, 3.8) is 0 Å². The summed E-state index contributed by atoms with van der Waals surface area (Å²) in [5, 5.41) is 8.25. The van der Waals surface area contributed by atoms with E-state index < -0.39 is 0 Å². The molecule has 1 amide bonds. The predicted octanol–water partition coefficient (Wildman–Crippen LogP) is 6.07. The molecule has 4 heterocycles. The Morgan fingerprint density at radius 3 is 2.72 bits per heavy atom. The number of nitrogens with one attached hydrogen (secondary N) is 1. The lowest BCUT2D eigenvalue weighted by Gasteiger charge is -2.10. The van der Waals surface area contributed by atoms with Gasteiger partial charge >= 0.3 is 0 Å². The van der Waals surface area contributed by atoms with Gasteiger partial charge in [0, 0.05) is 16.3 Å². The summed E-state index contributed by atoms with van der Waals surface area (Å²) in [6.07, 6.45) is 0. The molecule has 1 aliphatic rings. The number of rotatable bonds is 4. The van der Waals surface area contributed by atoms with E-state index in [1.165, 1.54) is 11.3 Å². The van der Waals surface area contributed by atoms with Crippen molar-refractivity contribution in [1.29, 1.82) is 0 Å². The summed E-state index contributed by atoms with van der Waals surface area (Å²) in [5.41, 5.74) is 3.68. The molecule has 3 aromatic heterocycles. The van der Waals surface area contributed by atoms with E-state index in [0.717, 1.165) is 27.0 Å². The van der Waals surface area contributed by atoms with Crippen LogP contribution < -0.4 is 14.8 Å². The third-order valence-corrected chi connectivity index (χ3v) is 6.78. The van der Waals surface area contributed by atoms with E-state index in [2.05, 4.69) is 10.3 Å². The molecule has 0 aliphatic carbocycles. The third kappa shape index (κ3) is 3.39. The smallest absolute Gasteiger partial charge is 0.258 e. The molecule has 156 valence electrons. The van der Waals surface area contributed by atoms with Crippen LogP contribution in [0.4, 0.5) is 5.13 Å². The Morgan fingerprint density at radius 1 is 0.906 bits per heavy atom. The molecule has 0 atom stereocenters. The van der Waals surface area contributed by atoms with Crippen LogP contribution in [0.3, 0.4) is 0 Å². The van der Waals surface area contributed by atoms with Crippen molar-refractivity contribution in [2.45, 2.75) is 0 Å². The number of fused-ring (bicyclic) bond motifs is 2. The molecule has 8 heteroatoms. The molecule has 0 saturated carbocycles. The molecular formula is C24H15N3O3S2. The second-order valence-electron chi connectivity index (χ2n) is 7.11. The molecule has 0 spiro atoms. The van der Waals surface area contributed by atoms with Crippen LogP contribution in [0.15, 0.2) is 71.4 Å². The number of benzene rings is 2. The van der Waals surface area contributed by atoms with Crippen LogP contribution in [0.5, 0.6) is 11.5 Å². The number of thiophene rings is 1. The van der Waals surface area contributed by atoms with Gasteiger partial charge in [0.1, 0.15) is 0 Å². The van der Waals surface area contributed by atoms with E-state index in [-0.39, 0.29) is 12.7 Å². The van der Waals surface area contributed by atoms with Gasteiger partial charge < -0.3 is 9.47 Å². The molecular weight excluding hydrogens is 442 g/mol. The number of aromatic nitrogens is 2. The zero-order valence-electron chi connectivity index (χ0n) is 16.6. The van der Waals surface area contributed by atoms with E-state index in [1.807, 2.05) is 71.4 Å². The Bertz CT molecular complexity index is 1460. The largest absolute Gasteiger partial charge is 0.454 e. The van der Waals surface area contributed by atoms with E-state index >= 15 is 0 Å². The average Bonchev–Trinajstić information content (AvgIpc) is 3.59. The van der Waals surface area contributed by atoms with Crippen LogP contribution in [0.2, 0.25) is 0 Å². The van der Waals surface area contributed by atoms with Crippen molar-refractivity contribution < 1.29 is 14.3 Å².